The zero-order valence-corrected chi connectivity index (χ0v) is 24.2. The highest BCUT2D eigenvalue weighted by Crippen LogP contribution is 2.12. The number of guanidine groups is 1. The molecule has 0 fully saturated rings. The quantitative estimate of drug-likeness (QED) is 0.0487. The number of phenols is 1. The third kappa shape index (κ3) is 14.6. The second kappa shape index (κ2) is 19.5. The predicted octanol–water partition coefficient (Wildman–Crippen LogP) is -1.26. The van der Waals surface area contributed by atoms with Crippen LogP contribution in [0.2, 0.25) is 0 Å². The maximum absolute atomic E-state index is 13.3. The molecule has 1 rings (SSSR count). The van der Waals surface area contributed by atoms with E-state index in [9.17, 15) is 29.4 Å². The van der Waals surface area contributed by atoms with Crippen LogP contribution in [-0.4, -0.2) is 89.1 Å². The third-order valence-corrected chi connectivity index (χ3v) is 6.76. The smallest absolute Gasteiger partial charge is 0.326 e. The van der Waals surface area contributed by atoms with E-state index >= 15 is 0 Å². The number of phenolic OH excluding ortho intramolecular Hbond substituents is 1. The Morgan fingerprint density at radius 2 is 1.44 bits per heavy atom. The van der Waals surface area contributed by atoms with Crippen molar-refractivity contribution in [3.05, 3.63) is 29.8 Å². The normalized spacial score (nSPS) is 13.7. The molecule has 0 aromatic heterocycles. The van der Waals surface area contributed by atoms with Crippen molar-refractivity contribution in [1.29, 1.82) is 0 Å². The Morgan fingerprint density at radius 1 is 0.878 bits per heavy atom. The lowest BCUT2D eigenvalue weighted by atomic mass is 10.0. The summed E-state index contributed by atoms with van der Waals surface area (Å²) in [4.78, 5) is 54.9. The molecular formula is C26H44N8O6S. The summed E-state index contributed by atoms with van der Waals surface area (Å²) in [5, 5.41) is 26.8. The van der Waals surface area contributed by atoms with E-state index in [-0.39, 0.29) is 43.9 Å². The molecule has 0 aliphatic heterocycles. The molecule has 0 aliphatic rings. The van der Waals surface area contributed by atoms with Crippen LogP contribution in [-0.2, 0) is 25.6 Å². The van der Waals surface area contributed by atoms with Gasteiger partial charge in [0.1, 0.15) is 23.9 Å². The molecule has 0 radical (unpaired) electrons. The Labute approximate surface area is 244 Å². The molecule has 13 N–H and O–H groups in total. The Bertz CT molecular complexity index is 1010. The molecule has 4 atom stereocenters. The van der Waals surface area contributed by atoms with Crippen molar-refractivity contribution in [1.82, 2.24) is 16.0 Å². The zero-order chi connectivity index (χ0) is 30.8. The first-order chi connectivity index (χ1) is 19.5. The van der Waals surface area contributed by atoms with Crippen LogP contribution in [0.25, 0.3) is 0 Å². The number of nitrogens with zero attached hydrogens (tertiary/aromatic N) is 1. The fraction of sp³-hybridized carbons (Fsp3) is 0.577. The summed E-state index contributed by atoms with van der Waals surface area (Å²) in [7, 11) is 0. The number of nitrogens with two attached hydrogens (primary N) is 4. The summed E-state index contributed by atoms with van der Waals surface area (Å²) in [5.41, 5.74) is 23.1. The van der Waals surface area contributed by atoms with Crippen LogP contribution in [0.3, 0.4) is 0 Å². The Morgan fingerprint density at radius 3 is 1.98 bits per heavy atom. The van der Waals surface area contributed by atoms with Gasteiger partial charge < -0.3 is 49.1 Å². The second-order valence-electron chi connectivity index (χ2n) is 9.51. The molecule has 0 aliphatic carbocycles. The van der Waals surface area contributed by atoms with Gasteiger partial charge in [-0.05, 0) is 81.2 Å². The number of carboxylic acids is 1. The van der Waals surface area contributed by atoms with Gasteiger partial charge >= 0.3 is 5.97 Å². The Balaban J connectivity index is 3.02. The molecule has 4 unspecified atom stereocenters. The molecule has 1 aromatic carbocycles. The van der Waals surface area contributed by atoms with Gasteiger partial charge in [-0.15, -0.1) is 0 Å². The highest BCUT2D eigenvalue weighted by atomic mass is 32.2. The standard InChI is InChI=1S/C26H44N8O6S/c1-41-14-11-21(25(39)40)34-24(38)20(6-4-13-31-26(29)30)33-23(37)19(5-2-3-12-27)32-22(36)18(28)15-16-7-9-17(35)10-8-16/h7-10,18-21,35H,2-6,11-15,27-28H2,1H3,(H,32,36)(H,33,37)(H,34,38)(H,39,40)(H4,29,30,31). The molecule has 0 heterocycles. The average molecular weight is 597 g/mol. The topological polar surface area (TPSA) is 261 Å². The van der Waals surface area contributed by atoms with Crippen molar-refractivity contribution in [3.8, 4) is 5.75 Å². The van der Waals surface area contributed by atoms with Gasteiger partial charge in [0.05, 0.1) is 6.04 Å². The predicted molar refractivity (Wildman–Crippen MR) is 159 cm³/mol. The number of unbranched alkanes of at least 4 members (excludes halogenated alkanes) is 1. The number of amides is 3. The summed E-state index contributed by atoms with van der Waals surface area (Å²) in [6.07, 6.45) is 4.01. The van der Waals surface area contributed by atoms with E-state index in [1.165, 1.54) is 23.9 Å². The maximum Gasteiger partial charge on any atom is 0.326 e. The summed E-state index contributed by atoms with van der Waals surface area (Å²) < 4.78 is 0. The molecule has 14 nitrogen and oxygen atoms in total. The van der Waals surface area contributed by atoms with E-state index < -0.39 is 47.9 Å². The van der Waals surface area contributed by atoms with E-state index in [1.54, 1.807) is 12.1 Å². The van der Waals surface area contributed by atoms with Crippen molar-refractivity contribution < 1.29 is 29.4 Å². The Kier molecular flexibility index (Phi) is 16.9. The van der Waals surface area contributed by atoms with Gasteiger partial charge in [-0.25, -0.2) is 4.79 Å². The van der Waals surface area contributed by atoms with Gasteiger partial charge in [0.25, 0.3) is 0 Å². The lowest BCUT2D eigenvalue weighted by Crippen LogP contribution is -2.57. The SMILES string of the molecule is CSCCC(NC(=O)C(CCCN=C(N)N)NC(=O)C(CCCCN)NC(=O)C(N)Cc1ccc(O)cc1)C(=O)O. The minimum absolute atomic E-state index is 0.0826. The van der Waals surface area contributed by atoms with Crippen LogP contribution >= 0.6 is 11.8 Å². The first kappa shape index (κ1) is 35.5. The van der Waals surface area contributed by atoms with E-state index in [0.717, 1.165) is 5.56 Å². The van der Waals surface area contributed by atoms with E-state index in [1.807, 2.05) is 6.26 Å². The van der Waals surface area contributed by atoms with Crippen molar-refractivity contribution in [2.24, 2.45) is 27.9 Å². The summed E-state index contributed by atoms with van der Waals surface area (Å²) >= 11 is 1.44. The number of hydrogen-bond acceptors (Lipinski definition) is 9. The van der Waals surface area contributed by atoms with Gasteiger partial charge in [-0.1, -0.05) is 12.1 Å². The number of aliphatic imine (C=N–C) groups is 1. The van der Waals surface area contributed by atoms with Crippen molar-refractivity contribution >= 4 is 41.4 Å². The fourth-order valence-electron chi connectivity index (χ4n) is 3.83. The van der Waals surface area contributed by atoms with Crippen molar-refractivity contribution in [2.75, 3.05) is 25.1 Å². The monoisotopic (exact) mass is 596 g/mol. The van der Waals surface area contributed by atoms with E-state index in [0.29, 0.717) is 31.6 Å². The van der Waals surface area contributed by atoms with Crippen molar-refractivity contribution in [3.63, 3.8) is 0 Å². The molecule has 3 amide bonds. The number of aliphatic carboxylic acids is 1. The molecule has 0 bridgehead atoms. The number of nitrogens with one attached hydrogen (secondary N) is 3. The Hall–Kier alpha value is -3.56. The summed E-state index contributed by atoms with van der Waals surface area (Å²) in [5.74, 6) is -2.57. The minimum Gasteiger partial charge on any atom is -0.508 e. The molecule has 0 spiro atoms. The number of carboxylic acid groups (broad SMARTS) is 1. The number of rotatable bonds is 20. The van der Waals surface area contributed by atoms with Gasteiger partial charge in [-0.3, -0.25) is 19.4 Å². The van der Waals surface area contributed by atoms with Crippen molar-refractivity contribution in [2.45, 2.75) is 69.1 Å². The third-order valence-electron chi connectivity index (χ3n) is 6.11. The molecule has 1 aromatic rings. The van der Waals surface area contributed by atoms with Crippen LogP contribution < -0.4 is 38.9 Å². The molecule has 41 heavy (non-hydrogen) atoms. The zero-order valence-electron chi connectivity index (χ0n) is 23.4. The highest BCUT2D eigenvalue weighted by Gasteiger charge is 2.30. The van der Waals surface area contributed by atoms with Gasteiger partial charge in [0.15, 0.2) is 5.96 Å². The van der Waals surface area contributed by atoms with Crippen LogP contribution in [0, 0.1) is 0 Å². The van der Waals surface area contributed by atoms with E-state index in [4.69, 9.17) is 22.9 Å². The molecular weight excluding hydrogens is 552 g/mol. The van der Waals surface area contributed by atoms with Crippen LogP contribution in [0.4, 0.5) is 0 Å². The second-order valence-corrected chi connectivity index (χ2v) is 10.5. The maximum atomic E-state index is 13.3. The van der Waals surface area contributed by atoms with Crippen LogP contribution in [0.15, 0.2) is 29.3 Å². The largest absolute Gasteiger partial charge is 0.508 e. The first-order valence-electron chi connectivity index (χ1n) is 13.4. The van der Waals surface area contributed by atoms with Crippen LogP contribution in [0.5, 0.6) is 5.75 Å². The number of benzene rings is 1. The number of carbonyl (C=O) groups is 4. The minimum atomic E-state index is -1.19. The number of thioether (sulfide) groups is 1. The summed E-state index contributed by atoms with van der Waals surface area (Å²) in [6.45, 7) is 0.588. The molecule has 0 saturated heterocycles. The molecule has 15 heteroatoms. The average Bonchev–Trinajstić information content (AvgIpc) is 2.92. The van der Waals surface area contributed by atoms with E-state index in [2.05, 4.69) is 20.9 Å². The lowest BCUT2D eigenvalue weighted by Gasteiger charge is -2.25. The fourth-order valence-corrected chi connectivity index (χ4v) is 4.30. The first-order valence-corrected chi connectivity index (χ1v) is 14.8. The number of carbonyl (C=O) groups excluding carboxylic acids is 3. The summed E-state index contributed by atoms with van der Waals surface area (Å²) in [6, 6.07) is 2.02. The lowest BCUT2D eigenvalue weighted by molar-refractivity contribution is -0.142. The van der Waals surface area contributed by atoms with Gasteiger partial charge in [-0.2, -0.15) is 11.8 Å². The highest BCUT2D eigenvalue weighted by molar-refractivity contribution is 7.98. The van der Waals surface area contributed by atoms with Gasteiger partial charge in [0, 0.05) is 6.54 Å². The number of hydrogen-bond donors (Lipinski definition) is 9. The molecule has 230 valence electrons. The number of aromatic hydroxyl groups is 1. The van der Waals surface area contributed by atoms with Gasteiger partial charge in [0.2, 0.25) is 17.7 Å². The van der Waals surface area contributed by atoms with Crippen LogP contribution in [0.1, 0.15) is 44.1 Å². The molecule has 0 saturated carbocycles.